The number of methoxy groups -OCH3 is 1. The van der Waals surface area contributed by atoms with Crippen molar-refractivity contribution in [2.24, 2.45) is 28.6 Å². The molecular formula is C26H44O3. The molecule has 0 heterocycles. The van der Waals surface area contributed by atoms with E-state index < -0.39 is 0 Å². The molecule has 0 bridgehead atoms. The van der Waals surface area contributed by atoms with Gasteiger partial charge in [-0.05, 0) is 72.1 Å². The van der Waals surface area contributed by atoms with Crippen molar-refractivity contribution in [1.29, 1.82) is 0 Å². The summed E-state index contributed by atoms with van der Waals surface area (Å²) in [6.07, 6.45) is 4.87. The first-order valence-electron chi connectivity index (χ1n) is 11.1. The summed E-state index contributed by atoms with van der Waals surface area (Å²) in [5.41, 5.74) is 1.24. The number of rotatable bonds is 10. The molecule has 0 aromatic heterocycles. The van der Waals surface area contributed by atoms with E-state index in [-0.39, 0.29) is 5.97 Å². The summed E-state index contributed by atoms with van der Waals surface area (Å²) in [5, 5.41) is 0. The first-order valence-corrected chi connectivity index (χ1v) is 11.1. The average molecular weight is 405 g/mol. The zero-order valence-corrected chi connectivity index (χ0v) is 20.3. The molecule has 29 heavy (non-hydrogen) atoms. The molecule has 3 nitrogen and oxygen atoms in total. The fraction of sp³-hybridized carbons (Fsp3) is 0.731. The van der Waals surface area contributed by atoms with Crippen LogP contribution < -0.4 is 4.74 Å². The molecule has 0 saturated carbocycles. The summed E-state index contributed by atoms with van der Waals surface area (Å²) in [7, 11) is 1.40. The smallest absolute Gasteiger partial charge is 0.337 e. The Morgan fingerprint density at radius 2 is 1.45 bits per heavy atom. The van der Waals surface area contributed by atoms with Crippen molar-refractivity contribution in [3.63, 3.8) is 0 Å². The largest absolute Gasteiger partial charge is 0.493 e. The van der Waals surface area contributed by atoms with Gasteiger partial charge in [0.05, 0.1) is 19.3 Å². The van der Waals surface area contributed by atoms with Crippen molar-refractivity contribution in [3.05, 3.63) is 29.8 Å². The van der Waals surface area contributed by atoms with Gasteiger partial charge in [-0.1, -0.05) is 61.8 Å². The highest BCUT2D eigenvalue weighted by atomic mass is 16.5. The van der Waals surface area contributed by atoms with Crippen LogP contribution in [-0.2, 0) is 4.74 Å². The second-order valence-electron chi connectivity index (χ2n) is 11.3. The third-order valence-corrected chi connectivity index (χ3v) is 5.47. The molecule has 0 amide bonds. The maximum atomic E-state index is 11.6. The lowest BCUT2D eigenvalue weighted by atomic mass is 9.76. The summed E-state index contributed by atoms with van der Waals surface area (Å²) >= 11 is 0. The molecule has 3 atom stereocenters. The number of ether oxygens (including phenoxy) is 2. The second kappa shape index (κ2) is 11.0. The zero-order chi connectivity index (χ0) is 22.2. The van der Waals surface area contributed by atoms with Gasteiger partial charge in [0.2, 0.25) is 0 Å². The van der Waals surface area contributed by atoms with E-state index in [1.165, 1.54) is 32.8 Å². The van der Waals surface area contributed by atoms with Gasteiger partial charge in [-0.25, -0.2) is 4.79 Å². The maximum absolute atomic E-state index is 11.6. The molecule has 1 aromatic rings. The highest BCUT2D eigenvalue weighted by Crippen LogP contribution is 2.34. The molecule has 3 unspecified atom stereocenters. The Morgan fingerprint density at radius 1 is 0.897 bits per heavy atom. The number of benzene rings is 1. The molecule has 1 aromatic carbocycles. The quantitative estimate of drug-likeness (QED) is 0.381. The lowest BCUT2D eigenvalue weighted by molar-refractivity contribution is 0.0600. The Bertz CT molecular complexity index is 604. The van der Waals surface area contributed by atoms with Crippen LogP contribution in [0.15, 0.2) is 24.3 Å². The SMILES string of the molecule is COC(=O)c1ccc(OCC(CCC(C)CC(C)(C)C)C(C)CC(C)(C)C)cc1. The molecule has 0 saturated heterocycles. The molecule has 0 spiro atoms. The zero-order valence-electron chi connectivity index (χ0n) is 20.3. The number of carbonyl (C=O) groups excluding carboxylic acids is 1. The summed E-state index contributed by atoms with van der Waals surface area (Å²) < 4.78 is 10.9. The van der Waals surface area contributed by atoms with Gasteiger partial charge in [-0.15, -0.1) is 0 Å². The van der Waals surface area contributed by atoms with Crippen molar-refractivity contribution >= 4 is 5.97 Å². The van der Waals surface area contributed by atoms with Gasteiger partial charge in [0.25, 0.3) is 0 Å². The first-order chi connectivity index (χ1) is 13.3. The van der Waals surface area contributed by atoms with Gasteiger partial charge < -0.3 is 9.47 Å². The number of esters is 1. The second-order valence-corrected chi connectivity index (χ2v) is 11.3. The van der Waals surface area contributed by atoms with Crippen LogP contribution in [0.1, 0.15) is 91.4 Å². The summed E-state index contributed by atoms with van der Waals surface area (Å²) in [6.45, 7) is 19.4. The minimum absolute atomic E-state index is 0.316. The van der Waals surface area contributed by atoms with Crippen LogP contribution in [0.2, 0.25) is 0 Å². The van der Waals surface area contributed by atoms with Gasteiger partial charge in [-0.2, -0.15) is 0 Å². The van der Waals surface area contributed by atoms with E-state index in [4.69, 9.17) is 9.47 Å². The van der Waals surface area contributed by atoms with E-state index >= 15 is 0 Å². The van der Waals surface area contributed by atoms with Gasteiger partial charge >= 0.3 is 5.97 Å². The van der Waals surface area contributed by atoms with Crippen LogP contribution in [0.4, 0.5) is 0 Å². The Balaban J connectivity index is 2.73. The van der Waals surface area contributed by atoms with Crippen LogP contribution in [0.5, 0.6) is 5.75 Å². The van der Waals surface area contributed by atoms with Gasteiger partial charge in [-0.3, -0.25) is 0 Å². The standard InChI is InChI=1S/C26H44O3/c1-19(16-25(3,4)5)10-11-22(20(2)17-26(6,7)8)18-29-23-14-12-21(13-15-23)24(27)28-9/h12-15,19-20,22H,10-11,16-18H2,1-9H3. The van der Waals surface area contributed by atoms with E-state index in [0.29, 0.717) is 28.2 Å². The molecule has 0 aliphatic rings. The third-order valence-electron chi connectivity index (χ3n) is 5.47. The number of hydrogen-bond acceptors (Lipinski definition) is 3. The molecule has 0 N–H and O–H groups in total. The molecule has 0 radical (unpaired) electrons. The first kappa shape index (κ1) is 25.5. The van der Waals surface area contributed by atoms with Crippen LogP contribution in [0, 0.1) is 28.6 Å². The monoisotopic (exact) mass is 404 g/mol. The van der Waals surface area contributed by atoms with Crippen molar-refractivity contribution < 1.29 is 14.3 Å². The summed E-state index contributed by atoms with van der Waals surface area (Å²) in [4.78, 5) is 11.6. The van der Waals surface area contributed by atoms with Crippen molar-refractivity contribution in [1.82, 2.24) is 0 Å². The summed E-state index contributed by atoms with van der Waals surface area (Å²) in [5.74, 6) is 2.34. The predicted molar refractivity (Wildman–Crippen MR) is 122 cm³/mol. The minimum atomic E-state index is -0.318. The van der Waals surface area contributed by atoms with Gasteiger partial charge in [0.15, 0.2) is 0 Å². The minimum Gasteiger partial charge on any atom is -0.493 e. The van der Waals surface area contributed by atoms with E-state index in [9.17, 15) is 4.79 Å². The Labute approximate surface area is 179 Å². The molecule has 166 valence electrons. The molecule has 1 rings (SSSR count). The predicted octanol–water partition coefficient (Wildman–Crippen LogP) is 7.39. The molecule has 0 aliphatic heterocycles. The van der Waals surface area contributed by atoms with Crippen molar-refractivity contribution in [2.75, 3.05) is 13.7 Å². The van der Waals surface area contributed by atoms with Gasteiger partial charge in [0.1, 0.15) is 5.75 Å². The Hall–Kier alpha value is -1.51. The van der Waals surface area contributed by atoms with Crippen molar-refractivity contribution in [3.8, 4) is 5.75 Å². The summed E-state index contributed by atoms with van der Waals surface area (Å²) in [6, 6.07) is 7.25. The maximum Gasteiger partial charge on any atom is 0.337 e. The topological polar surface area (TPSA) is 35.5 Å². The fourth-order valence-corrected chi connectivity index (χ4v) is 4.32. The highest BCUT2D eigenvalue weighted by Gasteiger charge is 2.25. The van der Waals surface area contributed by atoms with Crippen LogP contribution in [0.25, 0.3) is 0 Å². The average Bonchev–Trinajstić information content (AvgIpc) is 2.58. The number of hydrogen-bond donors (Lipinski definition) is 0. The van der Waals surface area contributed by atoms with E-state index in [1.54, 1.807) is 12.1 Å². The number of carbonyl (C=O) groups is 1. The van der Waals surface area contributed by atoms with Crippen molar-refractivity contribution in [2.45, 2.75) is 81.1 Å². The van der Waals surface area contributed by atoms with Crippen LogP contribution in [-0.4, -0.2) is 19.7 Å². The van der Waals surface area contributed by atoms with Crippen LogP contribution >= 0.6 is 0 Å². The lowest BCUT2D eigenvalue weighted by Crippen LogP contribution is -2.25. The van der Waals surface area contributed by atoms with E-state index in [1.807, 2.05) is 12.1 Å². The third kappa shape index (κ3) is 10.7. The molecular weight excluding hydrogens is 360 g/mol. The van der Waals surface area contributed by atoms with E-state index in [2.05, 4.69) is 55.4 Å². The lowest BCUT2D eigenvalue weighted by Gasteiger charge is -2.31. The molecule has 3 heteroatoms. The highest BCUT2D eigenvalue weighted by molar-refractivity contribution is 5.89. The van der Waals surface area contributed by atoms with Gasteiger partial charge in [0, 0.05) is 0 Å². The normalized spacial score (nSPS) is 15.5. The van der Waals surface area contributed by atoms with Crippen LogP contribution in [0.3, 0.4) is 0 Å². The Kier molecular flexibility index (Phi) is 9.71. The molecule has 0 fully saturated rings. The Morgan fingerprint density at radius 3 is 1.93 bits per heavy atom. The fourth-order valence-electron chi connectivity index (χ4n) is 4.32. The van der Waals surface area contributed by atoms with E-state index in [0.717, 1.165) is 18.3 Å². The molecule has 0 aliphatic carbocycles.